The Morgan fingerprint density at radius 1 is 1.29 bits per heavy atom. The fourth-order valence-electron chi connectivity index (χ4n) is 2.73. The molecule has 0 atom stereocenters. The normalized spacial score (nSPS) is 13.8. The molecule has 1 saturated heterocycles. The van der Waals surface area contributed by atoms with Gasteiger partial charge in [-0.2, -0.15) is 4.98 Å². The number of carbonyl (C=O) groups excluding carboxylic acids is 1. The third-order valence-corrected chi connectivity index (χ3v) is 4.16. The van der Waals surface area contributed by atoms with Crippen LogP contribution in [0.5, 0.6) is 11.5 Å². The molecule has 1 fully saturated rings. The number of carbonyl (C=O) groups is 1. The number of nitrogens with one attached hydrogen (secondary N) is 1. The first-order valence-electron chi connectivity index (χ1n) is 9.00. The highest BCUT2D eigenvalue weighted by Crippen LogP contribution is 2.24. The minimum absolute atomic E-state index is 0.134. The number of methoxy groups -OCH3 is 1. The van der Waals surface area contributed by atoms with Crippen LogP contribution in [-0.4, -0.2) is 70.0 Å². The molecular formula is C19H25N5O4. The van der Waals surface area contributed by atoms with Crippen LogP contribution < -0.4 is 24.6 Å². The number of hydrogen-bond acceptors (Lipinski definition) is 8. The molecular weight excluding hydrogens is 362 g/mol. The second-order valence-electron chi connectivity index (χ2n) is 6.42. The van der Waals surface area contributed by atoms with Crippen molar-refractivity contribution in [3.8, 4) is 11.5 Å². The van der Waals surface area contributed by atoms with Crippen molar-refractivity contribution in [3.05, 3.63) is 30.5 Å². The first-order chi connectivity index (χ1) is 13.6. The van der Waals surface area contributed by atoms with Gasteiger partial charge in [-0.05, 0) is 12.1 Å². The van der Waals surface area contributed by atoms with E-state index < -0.39 is 0 Å². The van der Waals surface area contributed by atoms with E-state index in [1.807, 2.05) is 25.1 Å². The summed E-state index contributed by atoms with van der Waals surface area (Å²) in [6.07, 6.45) is 1.62. The SMILES string of the molecule is COc1cccc(OCC(=O)Nc2cnc(N3CCOCC3)nc2N(C)C)c1. The molecule has 28 heavy (non-hydrogen) atoms. The molecule has 0 aliphatic carbocycles. The number of aromatic nitrogens is 2. The summed E-state index contributed by atoms with van der Waals surface area (Å²) in [5.41, 5.74) is 0.529. The predicted molar refractivity (Wildman–Crippen MR) is 107 cm³/mol. The molecule has 2 heterocycles. The van der Waals surface area contributed by atoms with Crippen molar-refractivity contribution in [2.45, 2.75) is 0 Å². The zero-order chi connectivity index (χ0) is 19.9. The average Bonchev–Trinajstić information content (AvgIpc) is 2.73. The Hall–Kier alpha value is -3.07. The minimum Gasteiger partial charge on any atom is -0.497 e. The number of hydrogen-bond donors (Lipinski definition) is 1. The molecule has 1 aromatic carbocycles. The molecule has 1 aliphatic rings. The molecule has 150 valence electrons. The molecule has 9 nitrogen and oxygen atoms in total. The molecule has 2 aromatic rings. The summed E-state index contributed by atoms with van der Waals surface area (Å²) < 4.78 is 16.0. The van der Waals surface area contributed by atoms with Crippen molar-refractivity contribution in [3.63, 3.8) is 0 Å². The number of morpholine rings is 1. The topological polar surface area (TPSA) is 89.0 Å². The summed E-state index contributed by atoms with van der Waals surface area (Å²) in [6.45, 7) is 2.66. The van der Waals surface area contributed by atoms with E-state index in [0.29, 0.717) is 42.2 Å². The molecule has 1 amide bonds. The lowest BCUT2D eigenvalue weighted by molar-refractivity contribution is -0.118. The fourth-order valence-corrected chi connectivity index (χ4v) is 2.73. The van der Waals surface area contributed by atoms with Crippen molar-refractivity contribution < 1.29 is 19.0 Å². The van der Waals surface area contributed by atoms with Crippen molar-refractivity contribution >= 4 is 23.4 Å². The summed E-state index contributed by atoms with van der Waals surface area (Å²) in [5, 5.41) is 2.82. The highest BCUT2D eigenvalue weighted by atomic mass is 16.5. The molecule has 3 rings (SSSR count). The third-order valence-electron chi connectivity index (χ3n) is 4.16. The predicted octanol–water partition coefficient (Wildman–Crippen LogP) is 1.41. The number of nitrogens with zero attached hydrogens (tertiary/aromatic N) is 4. The van der Waals surface area contributed by atoms with Crippen molar-refractivity contribution in [2.24, 2.45) is 0 Å². The lowest BCUT2D eigenvalue weighted by Crippen LogP contribution is -2.37. The van der Waals surface area contributed by atoms with Gasteiger partial charge < -0.3 is 29.3 Å². The van der Waals surface area contributed by atoms with E-state index in [-0.39, 0.29) is 12.5 Å². The highest BCUT2D eigenvalue weighted by molar-refractivity contribution is 5.94. The van der Waals surface area contributed by atoms with E-state index in [0.717, 1.165) is 13.1 Å². The quantitative estimate of drug-likeness (QED) is 0.763. The Kier molecular flexibility index (Phi) is 6.49. The molecule has 9 heteroatoms. The zero-order valence-corrected chi connectivity index (χ0v) is 16.3. The van der Waals surface area contributed by atoms with E-state index in [9.17, 15) is 4.79 Å². The van der Waals surface area contributed by atoms with Gasteiger partial charge in [-0.25, -0.2) is 4.98 Å². The zero-order valence-electron chi connectivity index (χ0n) is 16.3. The van der Waals surface area contributed by atoms with E-state index in [4.69, 9.17) is 14.2 Å². The number of benzene rings is 1. The van der Waals surface area contributed by atoms with Crippen LogP contribution in [0.1, 0.15) is 0 Å². The van der Waals surface area contributed by atoms with Gasteiger partial charge in [0.15, 0.2) is 12.4 Å². The van der Waals surface area contributed by atoms with Gasteiger partial charge in [-0.3, -0.25) is 4.79 Å². The van der Waals surface area contributed by atoms with Gasteiger partial charge in [0.05, 0.1) is 26.5 Å². The van der Waals surface area contributed by atoms with Crippen LogP contribution >= 0.6 is 0 Å². The Morgan fingerprint density at radius 2 is 2.04 bits per heavy atom. The van der Waals surface area contributed by atoms with E-state index in [1.54, 1.807) is 31.5 Å². The van der Waals surface area contributed by atoms with Gasteiger partial charge in [0.1, 0.15) is 17.2 Å². The molecule has 0 bridgehead atoms. The van der Waals surface area contributed by atoms with Crippen LogP contribution in [0.15, 0.2) is 30.5 Å². The van der Waals surface area contributed by atoms with Gasteiger partial charge in [0, 0.05) is 33.3 Å². The van der Waals surface area contributed by atoms with Gasteiger partial charge in [-0.1, -0.05) is 6.07 Å². The molecule has 1 aromatic heterocycles. The van der Waals surface area contributed by atoms with Crippen LogP contribution in [0, 0.1) is 0 Å². The molecule has 1 aliphatic heterocycles. The number of ether oxygens (including phenoxy) is 3. The summed E-state index contributed by atoms with van der Waals surface area (Å²) in [4.78, 5) is 25.2. The Labute approximate surface area is 164 Å². The van der Waals surface area contributed by atoms with E-state index in [1.165, 1.54) is 0 Å². The summed E-state index contributed by atoms with van der Waals surface area (Å²) in [7, 11) is 5.32. The Bertz CT molecular complexity index is 809. The van der Waals surface area contributed by atoms with Crippen molar-refractivity contribution in [1.82, 2.24) is 9.97 Å². The van der Waals surface area contributed by atoms with Crippen molar-refractivity contribution in [2.75, 3.05) is 69.2 Å². The van der Waals surface area contributed by atoms with Gasteiger partial charge >= 0.3 is 0 Å². The van der Waals surface area contributed by atoms with Crippen molar-refractivity contribution in [1.29, 1.82) is 0 Å². The summed E-state index contributed by atoms with van der Waals surface area (Å²) in [5.74, 6) is 2.18. The van der Waals surface area contributed by atoms with E-state index >= 15 is 0 Å². The Balaban J connectivity index is 1.65. The smallest absolute Gasteiger partial charge is 0.262 e. The van der Waals surface area contributed by atoms with E-state index in [2.05, 4.69) is 20.2 Å². The molecule has 0 radical (unpaired) electrons. The number of rotatable bonds is 7. The van der Waals surface area contributed by atoms with Crippen LogP contribution in [0.4, 0.5) is 17.5 Å². The van der Waals surface area contributed by atoms with Crippen LogP contribution in [0.25, 0.3) is 0 Å². The average molecular weight is 387 g/mol. The Morgan fingerprint density at radius 3 is 2.75 bits per heavy atom. The maximum Gasteiger partial charge on any atom is 0.262 e. The first-order valence-corrected chi connectivity index (χ1v) is 9.00. The van der Waals surface area contributed by atoms with Gasteiger partial charge in [0.25, 0.3) is 5.91 Å². The number of anilines is 3. The molecule has 0 unspecified atom stereocenters. The second kappa shape index (κ2) is 9.23. The largest absolute Gasteiger partial charge is 0.497 e. The first kappa shape index (κ1) is 19.7. The second-order valence-corrected chi connectivity index (χ2v) is 6.42. The molecule has 1 N–H and O–H groups in total. The standard InChI is InChI=1S/C19H25N5O4/c1-23(2)18-16(12-20-19(22-18)24-7-9-27-10-8-24)21-17(25)13-28-15-6-4-5-14(11-15)26-3/h4-6,11-12H,7-10,13H2,1-3H3,(H,21,25). The van der Waals surface area contributed by atoms with Crippen LogP contribution in [0.3, 0.4) is 0 Å². The van der Waals surface area contributed by atoms with Crippen LogP contribution in [-0.2, 0) is 9.53 Å². The lowest BCUT2D eigenvalue weighted by atomic mass is 10.3. The van der Waals surface area contributed by atoms with Gasteiger partial charge in [-0.15, -0.1) is 0 Å². The maximum absolute atomic E-state index is 12.3. The fraction of sp³-hybridized carbons (Fsp3) is 0.421. The highest BCUT2D eigenvalue weighted by Gasteiger charge is 2.18. The van der Waals surface area contributed by atoms with Crippen LogP contribution in [0.2, 0.25) is 0 Å². The summed E-state index contributed by atoms with van der Waals surface area (Å²) in [6, 6.07) is 7.10. The number of amides is 1. The monoisotopic (exact) mass is 387 g/mol. The minimum atomic E-state index is -0.298. The maximum atomic E-state index is 12.3. The summed E-state index contributed by atoms with van der Waals surface area (Å²) >= 11 is 0. The molecule has 0 spiro atoms. The third kappa shape index (κ3) is 5.01. The lowest BCUT2D eigenvalue weighted by Gasteiger charge is -2.28. The van der Waals surface area contributed by atoms with Gasteiger partial charge in [0.2, 0.25) is 5.95 Å². The molecule has 0 saturated carbocycles.